The molecule has 0 amide bonds. The molecule has 1 atom stereocenters. The van der Waals surface area contributed by atoms with Gasteiger partial charge in [-0.1, -0.05) is 36.4 Å². The molecule has 0 aliphatic carbocycles. The van der Waals surface area contributed by atoms with Crippen molar-refractivity contribution in [2.24, 2.45) is 0 Å². The summed E-state index contributed by atoms with van der Waals surface area (Å²) < 4.78 is 18.8. The van der Waals surface area contributed by atoms with E-state index >= 15 is 0 Å². The van der Waals surface area contributed by atoms with E-state index < -0.39 is 0 Å². The number of hydrogen-bond donors (Lipinski definition) is 0. The van der Waals surface area contributed by atoms with Crippen molar-refractivity contribution in [1.29, 1.82) is 5.26 Å². The molecule has 0 aliphatic rings. The van der Waals surface area contributed by atoms with Crippen LogP contribution in [-0.2, 0) is 0 Å². The standard InChI is InChI=1S/C18H18FNO/c1-14-7-2-3-9-16(14)15(13-20)8-6-12-21-18-11-5-4-10-17(18)19/h2-5,7,9-11,15H,6,8,12H2,1H3. The average molecular weight is 283 g/mol. The van der Waals surface area contributed by atoms with Crippen LogP contribution in [0.1, 0.15) is 29.9 Å². The van der Waals surface area contributed by atoms with Crippen LogP contribution in [0.5, 0.6) is 5.75 Å². The first-order valence-electron chi connectivity index (χ1n) is 7.05. The van der Waals surface area contributed by atoms with E-state index in [1.807, 2.05) is 31.2 Å². The highest BCUT2D eigenvalue weighted by molar-refractivity contribution is 5.32. The third-order valence-corrected chi connectivity index (χ3v) is 3.45. The second kappa shape index (κ2) is 7.44. The van der Waals surface area contributed by atoms with Crippen LogP contribution in [-0.4, -0.2) is 6.61 Å². The Morgan fingerprint density at radius 3 is 2.57 bits per heavy atom. The van der Waals surface area contributed by atoms with Crippen molar-refractivity contribution in [3.63, 3.8) is 0 Å². The number of halogens is 1. The summed E-state index contributed by atoms with van der Waals surface area (Å²) in [5.74, 6) is -0.231. The third-order valence-electron chi connectivity index (χ3n) is 3.45. The maximum atomic E-state index is 13.4. The first-order chi connectivity index (χ1) is 10.2. The van der Waals surface area contributed by atoms with Gasteiger partial charge >= 0.3 is 0 Å². The van der Waals surface area contributed by atoms with Crippen LogP contribution in [0, 0.1) is 24.1 Å². The normalized spacial score (nSPS) is 11.7. The van der Waals surface area contributed by atoms with Crippen LogP contribution in [0.4, 0.5) is 4.39 Å². The molecule has 108 valence electrons. The summed E-state index contributed by atoms with van der Waals surface area (Å²) in [7, 11) is 0. The van der Waals surface area contributed by atoms with Gasteiger partial charge in [0.15, 0.2) is 11.6 Å². The van der Waals surface area contributed by atoms with Crippen LogP contribution in [0.3, 0.4) is 0 Å². The lowest BCUT2D eigenvalue weighted by Crippen LogP contribution is -2.04. The predicted molar refractivity (Wildman–Crippen MR) is 80.7 cm³/mol. The van der Waals surface area contributed by atoms with Gasteiger partial charge in [0.05, 0.1) is 18.6 Å². The highest BCUT2D eigenvalue weighted by Crippen LogP contribution is 2.24. The predicted octanol–water partition coefficient (Wildman–Crippen LogP) is 4.60. The lowest BCUT2D eigenvalue weighted by molar-refractivity contribution is 0.290. The molecule has 0 radical (unpaired) electrons. The van der Waals surface area contributed by atoms with E-state index in [0.717, 1.165) is 11.1 Å². The Kier molecular flexibility index (Phi) is 5.34. The van der Waals surface area contributed by atoms with Gasteiger partial charge in [-0.15, -0.1) is 0 Å². The van der Waals surface area contributed by atoms with E-state index in [9.17, 15) is 9.65 Å². The van der Waals surface area contributed by atoms with Crippen molar-refractivity contribution in [3.8, 4) is 11.8 Å². The van der Waals surface area contributed by atoms with Gasteiger partial charge in [0.25, 0.3) is 0 Å². The minimum atomic E-state index is -0.353. The number of nitriles is 1. The number of aryl methyl sites for hydroxylation is 1. The Morgan fingerprint density at radius 1 is 1.14 bits per heavy atom. The van der Waals surface area contributed by atoms with Crippen molar-refractivity contribution in [2.45, 2.75) is 25.7 Å². The van der Waals surface area contributed by atoms with Crippen LogP contribution < -0.4 is 4.74 Å². The highest BCUT2D eigenvalue weighted by Gasteiger charge is 2.12. The summed E-state index contributed by atoms with van der Waals surface area (Å²) in [6, 6.07) is 16.6. The van der Waals surface area contributed by atoms with Crippen molar-refractivity contribution in [3.05, 3.63) is 65.5 Å². The molecule has 0 saturated heterocycles. The number of ether oxygens (including phenoxy) is 1. The van der Waals surface area contributed by atoms with Crippen molar-refractivity contribution in [1.82, 2.24) is 0 Å². The molecule has 0 aliphatic heterocycles. The second-order valence-electron chi connectivity index (χ2n) is 4.96. The Labute approximate surface area is 124 Å². The molecule has 0 aromatic heterocycles. The summed E-state index contributed by atoms with van der Waals surface area (Å²) >= 11 is 0. The van der Waals surface area contributed by atoms with Crippen molar-refractivity contribution >= 4 is 0 Å². The van der Waals surface area contributed by atoms with E-state index in [2.05, 4.69) is 6.07 Å². The molecule has 0 heterocycles. The number of benzene rings is 2. The Hall–Kier alpha value is -2.34. The molecule has 3 heteroatoms. The SMILES string of the molecule is Cc1ccccc1C(C#N)CCCOc1ccccc1F. The molecule has 0 bridgehead atoms. The number of para-hydroxylation sites is 1. The summed E-state index contributed by atoms with van der Waals surface area (Å²) in [4.78, 5) is 0. The van der Waals surface area contributed by atoms with Gasteiger partial charge in [-0.2, -0.15) is 5.26 Å². The number of nitrogens with zero attached hydrogens (tertiary/aromatic N) is 1. The van der Waals surface area contributed by atoms with E-state index in [1.165, 1.54) is 6.07 Å². The molecule has 2 rings (SSSR count). The largest absolute Gasteiger partial charge is 0.491 e. The summed E-state index contributed by atoms with van der Waals surface area (Å²) in [5.41, 5.74) is 2.19. The molecule has 2 aromatic rings. The summed E-state index contributed by atoms with van der Waals surface area (Å²) in [6.45, 7) is 2.42. The van der Waals surface area contributed by atoms with Crippen LogP contribution in [0.25, 0.3) is 0 Å². The minimum absolute atomic E-state index is 0.143. The van der Waals surface area contributed by atoms with Gasteiger partial charge in [0.1, 0.15) is 0 Å². The maximum absolute atomic E-state index is 13.4. The van der Waals surface area contributed by atoms with Crippen LogP contribution in [0.2, 0.25) is 0 Å². The fourth-order valence-electron chi connectivity index (χ4n) is 2.30. The number of rotatable bonds is 6. The Balaban J connectivity index is 1.86. The van der Waals surface area contributed by atoms with Gasteiger partial charge in [-0.25, -0.2) is 4.39 Å². The molecule has 0 N–H and O–H groups in total. The topological polar surface area (TPSA) is 33.0 Å². The van der Waals surface area contributed by atoms with E-state index in [1.54, 1.807) is 18.2 Å². The van der Waals surface area contributed by atoms with Crippen LogP contribution >= 0.6 is 0 Å². The third kappa shape index (κ3) is 4.06. The monoisotopic (exact) mass is 283 g/mol. The zero-order chi connectivity index (χ0) is 15.1. The molecule has 0 saturated carbocycles. The van der Waals surface area contributed by atoms with E-state index in [0.29, 0.717) is 19.4 Å². The fraction of sp³-hybridized carbons (Fsp3) is 0.278. The molecule has 1 unspecified atom stereocenters. The molecule has 0 spiro atoms. The quantitative estimate of drug-likeness (QED) is 0.726. The van der Waals surface area contributed by atoms with E-state index in [4.69, 9.17) is 4.74 Å². The van der Waals surface area contributed by atoms with Gasteiger partial charge in [0.2, 0.25) is 0 Å². The molecule has 2 aromatic carbocycles. The summed E-state index contributed by atoms with van der Waals surface area (Å²) in [5, 5.41) is 9.31. The lowest BCUT2D eigenvalue weighted by Gasteiger charge is -2.12. The highest BCUT2D eigenvalue weighted by atomic mass is 19.1. The molecular formula is C18H18FNO. The fourth-order valence-corrected chi connectivity index (χ4v) is 2.30. The first kappa shape index (κ1) is 15.1. The lowest BCUT2D eigenvalue weighted by atomic mass is 9.92. The van der Waals surface area contributed by atoms with Crippen molar-refractivity contribution in [2.75, 3.05) is 6.61 Å². The molecule has 2 nitrogen and oxygen atoms in total. The summed E-state index contributed by atoms with van der Waals surface area (Å²) in [6.07, 6.45) is 1.41. The van der Waals surface area contributed by atoms with Gasteiger partial charge in [-0.3, -0.25) is 0 Å². The Bertz CT molecular complexity index is 633. The van der Waals surface area contributed by atoms with Gasteiger partial charge in [0, 0.05) is 0 Å². The molecule has 21 heavy (non-hydrogen) atoms. The first-order valence-corrected chi connectivity index (χ1v) is 7.05. The Morgan fingerprint density at radius 2 is 1.86 bits per heavy atom. The van der Waals surface area contributed by atoms with Gasteiger partial charge in [-0.05, 0) is 43.0 Å². The minimum Gasteiger partial charge on any atom is -0.491 e. The second-order valence-corrected chi connectivity index (χ2v) is 4.96. The van der Waals surface area contributed by atoms with Crippen LogP contribution in [0.15, 0.2) is 48.5 Å². The zero-order valence-electron chi connectivity index (χ0n) is 12.1. The van der Waals surface area contributed by atoms with Crippen molar-refractivity contribution < 1.29 is 9.13 Å². The smallest absolute Gasteiger partial charge is 0.165 e. The maximum Gasteiger partial charge on any atom is 0.165 e. The zero-order valence-corrected chi connectivity index (χ0v) is 12.1. The van der Waals surface area contributed by atoms with Gasteiger partial charge < -0.3 is 4.74 Å². The number of hydrogen-bond acceptors (Lipinski definition) is 2. The molecule has 0 fully saturated rings. The van der Waals surface area contributed by atoms with E-state index in [-0.39, 0.29) is 17.5 Å². The average Bonchev–Trinajstić information content (AvgIpc) is 2.50. The molecular weight excluding hydrogens is 265 g/mol.